The van der Waals surface area contributed by atoms with Crippen LogP contribution >= 0.6 is 0 Å². The maximum atomic E-state index is 10.4. The van der Waals surface area contributed by atoms with Crippen LogP contribution in [0.1, 0.15) is 25.3 Å². The van der Waals surface area contributed by atoms with Gasteiger partial charge in [0.05, 0.1) is 25.9 Å². The molecule has 8 N–H and O–H groups in total. The van der Waals surface area contributed by atoms with Gasteiger partial charge in [0, 0.05) is 13.1 Å². The van der Waals surface area contributed by atoms with Crippen LogP contribution in [0.2, 0.25) is 0 Å². The number of aromatic nitrogens is 8. The summed E-state index contributed by atoms with van der Waals surface area (Å²) in [5.74, 6) is 1.01. The molecule has 2 fully saturated rings. The van der Waals surface area contributed by atoms with E-state index in [0.29, 0.717) is 47.1 Å². The van der Waals surface area contributed by atoms with Gasteiger partial charge in [0.1, 0.15) is 49.3 Å². The quantitative estimate of drug-likeness (QED) is 0.0842. The van der Waals surface area contributed by atoms with Crippen LogP contribution in [-0.4, -0.2) is 133 Å². The van der Waals surface area contributed by atoms with Gasteiger partial charge in [-0.25, -0.2) is 29.9 Å². The third kappa shape index (κ3) is 5.01. The van der Waals surface area contributed by atoms with Crippen molar-refractivity contribution in [1.29, 1.82) is 0 Å². The van der Waals surface area contributed by atoms with Crippen LogP contribution in [0.15, 0.2) is 25.3 Å². The Balaban J connectivity index is 1.03. The second-order valence-corrected chi connectivity index (χ2v) is 10.1. The van der Waals surface area contributed by atoms with E-state index in [9.17, 15) is 30.6 Å². The van der Waals surface area contributed by atoms with Crippen molar-refractivity contribution in [2.45, 2.75) is 61.9 Å². The minimum absolute atomic E-state index is 0.410. The Morgan fingerprint density at radius 2 is 1.05 bits per heavy atom. The first kappa shape index (κ1) is 28.5. The molecule has 8 atom stereocenters. The molecule has 0 radical (unpaired) electrons. The second kappa shape index (κ2) is 11.9. The molecule has 0 aliphatic carbocycles. The van der Waals surface area contributed by atoms with Gasteiger partial charge in [0.2, 0.25) is 0 Å². The fraction of sp³-hybridized carbons (Fsp3) is 0.583. The fourth-order valence-corrected chi connectivity index (χ4v) is 5.22. The van der Waals surface area contributed by atoms with Gasteiger partial charge in [-0.2, -0.15) is 0 Å². The molecule has 42 heavy (non-hydrogen) atoms. The average molecular weight is 589 g/mol. The van der Waals surface area contributed by atoms with E-state index in [1.54, 1.807) is 0 Å². The Morgan fingerprint density at radius 3 is 1.43 bits per heavy atom. The lowest BCUT2D eigenvalue weighted by Gasteiger charge is -2.16. The molecule has 2 saturated heterocycles. The molecule has 4 aromatic rings. The zero-order chi connectivity index (χ0) is 29.4. The first-order chi connectivity index (χ1) is 20.4. The van der Waals surface area contributed by atoms with Crippen LogP contribution in [0.25, 0.3) is 22.3 Å². The maximum Gasteiger partial charge on any atom is 0.167 e. The lowest BCUT2D eigenvalue weighted by molar-refractivity contribution is -0.0511. The van der Waals surface area contributed by atoms with Crippen molar-refractivity contribution >= 4 is 34.0 Å². The smallest absolute Gasteiger partial charge is 0.167 e. The number of hydrogen-bond acceptors (Lipinski definition) is 16. The fourth-order valence-electron chi connectivity index (χ4n) is 5.22. The van der Waals surface area contributed by atoms with Gasteiger partial charge in [0.15, 0.2) is 46.4 Å². The number of aliphatic hydroxyl groups excluding tert-OH is 6. The summed E-state index contributed by atoms with van der Waals surface area (Å²) in [6.07, 6.45) is -1.53. The highest BCUT2D eigenvalue weighted by atomic mass is 16.6. The highest BCUT2D eigenvalue weighted by Gasteiger charge is 2.45. The minimum atomic E-state index is -1.25. The Hall–Kier alpha value is -3.62. The number of aliphatic hydroxyl groups is 6. The largest absolute Gasteiger partial charge is 0.394 e. The van der Waals surface area contributed by atoms with Crippen molar-refractivity contribution in [2.75, 3.05) is 36.9 Å². The van der Waals surface area contributed by atoms with E-state index in [1.165, 1.54) is 34.4 Å². The number of imidazole rings is 2. The molecule has 0 spiro atoms. The van der Waals surface area contributed by atoms with Crippen LogP contribution in [0, 0.1) is 0 Å². The van der Waals surface area contributed by atoms with Gasteiger partial charge < -0.3 is 50.7 Å². The number of nitrogens with one attached hydrogen (secondary N) is 2. The van der Waals surface area contributed by atoms with E-state index >= 15 is 0 Å². The molecule has 6 rings (SSSR count). The lowest BCUT2D eigenvalue weighted by atomic mass is 10.1. The van der Waals surface area contributed by atoms with Crippen molar-refractivity contribution in [3.8, 4) is 0 Å². The van der Waals surface area contributed by atoms with Crippen LogP contribution in [-0.2, 0) is 9.47 Å². The highest BCUT2D eigenvalue weighted by Crippen LogP contribution is 2.33. The van der Waals surface area contributed by atoms with Crippen molar-refractivity contribution in [1.82, 2.24) is 39.0 Å². The zero-order valence-corrected chi connectivity index (χ0v) is 22.2. The Labute approximate surface area is 237 Å². The summed E-state index contributed by atoms with van der Waals surface area (Å²) >= 11 is 0. The monoisotopic (exact) mass is 588 g/mol. The van der Waals surface area contributed by atoms with Crippen molar-refractivity contribution in [2.24, 2.45) is 0 Å². The van der Waals surface area contributed by atoms with E-state index in [4.69, 9.17) is 9.47 Å². The van der Waals surface area contributed by atoms with Crippen molar-refractivity contribution in [3.63, 3.8) is 0 Å². The van der Waals surface area contributed by atoms with Crippen LogP contribution in [0.4, 0.5) is 11.6 Å². The summed E-state index contributed by atoms with van der Waals surface area (Å²) in [5.41, 5.74) is 1.77. The molecule has 2 aliphatic heterocycles. The second-order valence-electron chi connectivity index (χ2n) is 10.1. The van der Waals surface area contributed by atoms with Gasteiger partial charge in [-0.15, -0.1) is 0 Å². The third-order valence-corrected chi connectivity index (χ3v) is 7.49. The number of nitrogens with zero attached hydrogens (tertiary/aromatic N) is 8. The van der Waals surface area contributed by atoms with Crippen LogP contribution in [0.5, 0.6) is 0 Å². The predicted octanol–water partition coefficient (Wildman–Crippen LogP) is -2.51. The molecule has 0 amide bonds. The van der Waals surface area contributed by atoms with Gasteiger partial charge >= 0.3 is 0 Å². The first-order valence-corrected chi connectivity index (χ1v) is 13.5. The summed E-state index contributed by atoms with van der Waals surface area (Å²) < 4.78 is 14.2. The average Bonchev–Trinajstić information content (AvgIpc) is 3.76. The molecule has 4 aromatic heterocycles. The SMILES string of the molecule is OC[C@@H]1O[C@H](n2cnc3c(NCCCCNc4ncnc5c4ncn5[C@@H]4O[C@H](CO)[C@H](O)C4O)ncnc32)C(O)[C@@H]1O. The third-order valence-electron chi connectivity index (χ3n) is 7.49. The summed E-state index contributed by atoms with van der Waals surface area (Å²) in [5, 5.41) is 66.1. The molecule has 0 bridgehead atoms. The van der Waals surface area contributed by atoms with E-state index in [0.717, 1.165) is 12.8 Å². The Bertz CT molecular complexity index is 1410. The number of rotatable bonds is 11. The Kier molecular flexibility index (Phi) is 8.10. The number of ether oxygens (including phenoxy) is 2. The standard InChI is InChI=1S/C24H32N10O8/c35-5-11-15(37)17(39)23(41-11)33-9-31-13-19(27-7-29-21(13)33)25-3-1-2-4-26-20-14-22(30-8-28-20)34(10-32-14)24-18(40)16(38)12(6-36)42-24/h7-12,15-18,23-24,35-40H,1-6H2,(H,25,27,29)(H,26,28,30)/t11-,12+,15+,16-,17?,18?,23-,24+. The molecule has 6 heterocycles. The first-order valence-electron chi connectivity index (χ1n) is 13.5. The van der Waals surface area contributed by atoms with E-state index in [1.807, 2.05) is 0 Å². The maximum absolute atomic E-state index is 10.4. The van der Waals surface area contributed by atoms with Gasteiger partial charge in [-0.3, -0.25) is 9.13 Å². The molecule has 2 aliphatic rings. The topological polar surface area (TPSA) is 251 Å². The molecule has 0 saturated carbocycles. The zero-order valence-electron chi connectivity index (χ0n) is 22.2. The van der Waals surface area contributed by atoms with Crippen LogP contribution < -0.4 is 10.6 Å². The molecule has 2 unspecified atom stereocenters. The highest BCUT2D eigenvalue weighted by molar-refractivity contribution is 5.83. The van der Waals surface area contributed by atoms with Gasteiger partial charge in [0.25, 0.3) is 0 Å². The minimum Gasteiger partial charge on any atom is -0.394 e. The Morgan fingerprint density at radius 1 is 0.619 bits per heavy atom. The summed E-state index contributed by atoms with van der Waals surface area (Å²) in [6, 6.07) is 0. The summed E-state index contributed by atoms with van der Waals surface area (Å²) in [4.78, 5) is 25.8. The van der Waals surface area contributed by atoms with Crippen molar-refractivity contribution < 1.29 is 40.1 Å². The number of hydrogen-bond donors (Lipinski definition) is 8. The normalized spacial score (nSPS) is 29.6. The number of fused-ring (bicyclic) bond motifs is 2. The molecular weight excluding hydrogens is 556 g/mol. The number of anilines is 2. The summed E-state index contributed by atoms with van der Waals surface area (Å²) in [7, 11) is 0. The van der Waals surface area contributed by atoms with E-state index < -0.39 is 62.3 Å². The molecule has 18 nitrogen and oxygen atoms in total. The summed E-state index contributed by atoms with van der Waals surface area (Å²) in [6.45, 7) is 0.292. The predicted molar refractivity (Wildman–Crippen MR) is 143 cm³/mol. The molecule has 18 heteroatoms. The van der Waals surface area contributed by atoms with Gasteiger partial charge in [-0.05, 0) is 12.8 Å². The van der Waals surface area contributed by atoms with Crippen molar-refractivity contribution in [3.05, 3.63) is 25.3 Å². The van der Waals surface area contributed by atoms with E-state index in [-0.39, 0.29) is 0 Å². The molecular formula is C24H32N10O8. The van der Waals surface area contributed by atoms with E-state index in [2.05, 4.69) is 40.5 Å². The van der Waals surface area contributed by atoms with Crippen LogP contribution in [0.3, 0.4) is 0 Å². The van der Waals surface area contributed by atoms with Gasteiger partial charge in [-0.1, -0.05) is 0 Å². The molecule has 0 aromatic carbocycles. The molecule has 226 valence electrons. The number of unbranched alkanes of at least 4 members (excludes halogenated alkanes) is 1. The lowest BCUT2D eigenvalue weighted by Crippen LogP contribution is -2.33.